The molecule has 2 aliphatic heterocycles. The average Bonchev–Trinajstić information content (AvgIpc) is 2.65. The van der Waals surface area contributed by atoms with Gasteiger partial charge < -0.3 is 19.9 Å². The van der Waals surface area contributed by atoms with Crippen molar-refractivity contribution in [1.29, 1.82) is 0 Å². The molecule has 0 atom stereocenters. The van der Waals surface area contributed by atoms with Crippen molar-refractivity contribution in [3.63, 3.8) is 0 Å². The predicted molar refractivity (Wildman–Crippen MR) is 112 cm³/mol. The third-order valence-corrected chi connectivity index (χ3v) is 6.12. The van der Waals surface area contributed by atoms with Crippen LogP contribution in [0.4, 0.5) is 0 Å². The zero-order valence-electron chi connectivity index (χ0n) is 17.8. The fourth-order valence-corrected chi connectivity index (χ4v) is 4.32. The highest BCUT2D eigenvalue weighted by molar-refractivity contribution is 4.80. The first-order valence-corrected chi connectivity index (χ1v) is 11.4. The summed E-state index contributed by atoms with van der Waals surface area (Å²) in [6.45, 7) is 17.5. The molecule has 0 saturated carbocycles. The lowest BCUT2D eigenvalue weighted by molar-refractivity contribution is 0.0765. The number of nitrogens with zero attached hydrogens (tertiary/aromatic N) is 2. The summed E-state index contributed by atoms with van der Waals surface area (Å²) in [6.07, 6.45) is 9.19. The van der Waals surface area contributed by atoms with Crippen LogP contribution >= 0.6 is 0 Å². The van der Waals surface area contributed by atoms with Gasteiger partial charge in [-0.3, -0.25) is 0 Å². The van der Waals surface area contributed by atoms with E-state index in [0.717, 1.165) is 37.6 Å². The Bertz CT molecular complexity index is 334. The zero-order chi connectivity index (χ0) is 18.6. The smallest absolute Gasteiger partial charge is 0.0593 e. The van der Waals surface area contributed by atoms with Crippen LogP contribution in [0.2, 0.25) is 0 Å². The maximum absolute atomic E-state index is 5.82. The molecule has 0 aromatic carbocycles. The molecule has 0 amide bonds. The van der Waals surface area contributed by atoms with Crippen LogP contribution in [0.3, 0.4) is 0 Å². The van der Waals surface area contributed by atoms with E-state index in [1.54, 1.807) is 0 Å². The SMILES string of the molecule is CCCNC1CCN(CC2CCN(CCOCCCC(C)C)CC2)CC1. The average molecular weight is 368 g/mol. The van der Waals surface area contributed by atoms with E-state index in [9.17, 15) is 0 Å². The highest BCUT2D eigenvalue weighted by Crippen LogP contribution is 2.20. The van der Waals surface area contributed by atoms with Crippen molar-refractivity contribution >= 4 is 0 Å². The van der Waals surface area contributed by atoms with Crippen LogP contribution < -0.4 is 5.32 Å². The van der Waals surface area contributed by atoms with Gasteiger partial charge >= 0.3 is 0 Å². The topological polar surface area (TPSA) is 27.7 Å². The molecule has 4 heteroatoms. The van der Waals surface area contributed by atoms with Gasteiger partial charge in [0.05, 0.1) is 6.61 Å². The maximum Gasteiger partial charge on any atom is 0.0593 e. The van der Waals surface area contributed by atoms with E-state index >= 15 is 0 Å². The number of rotatable bonds is 12. The van der Waals surface area contributed by atoms with Crippen LogP contribution in [0.25, 0.3) is 0 Å². The van der Waals surface area contributed by atoms with Crippen molar-refractivity contribution in [1.82, 2.24) is 15.1 Å². The van der Waals surface area contributed by atoms with E-state index in [2.05, 4.69) is 35.9 Å². The minimum Gasteiger partial charge on any atom is -0.380 e. The second kappa shape index (κ2) is 13.1. The fraction of sp³-hybridized carbons (Fsp3) is 1.00. The van der Waals surface area contributed by atoms with Crippen molar-refractivity contribution in [2.24, 2.45) is 11.8 Å². The van der Waals surface area contributed by atoms with Crippen molar-refractivity contribution in [2.75, 3.05) is 59.0 Å². The molecule has 0 spiro atoms. The Labute approximate surface area is 163 Å². The Hall–Kier alpha value is -0.160. The molecule has 0 unspecified atom stereocenters. The van der Waals surface area contributed by atoms with E-state index in [1.807, 2.05) is 0 Å². The first-order chi connectivity index (χ1) is 12.7. The molecule has 4 nitrogen and oxygen atoms in total. The van der Waals surface area contributed by atoms with Crippen LogP contribution in [0.5, 0.6) is 0 Å². The summed E-state index contributed by atoms with van der Waals surface area (Å²) in [5, 5.41) is 3.69. The second-order valence-corrected chi connectivity index (χ2v) is 8.96. The standard InChI is InChI=1S/C22H45N3O/c1-4-11-23-22-9-14-25(15-10-22)19-21-7-12-24(13-8-21)16-18-26-17-5-6-20(2)3/h20-23H,4-19H2,1-3H3. The molecule has 0 aliphatic carbocycles. The first kappa shape index (κ1) is 22.1. The molecule has 0 aromatic rings. The zero-order valence-corrected chi connectivity index (χ0v) is 17.8. The molecule has 0 aromatic heterocycles. The summed E-state index contributed by atoms with van der Waals surface area (Å²) in [7, 11) is 0. The molecule has 2 saturated heterocycles. The first-order valence-electron chi connectivity index (χ1n) is 11.4. The lowest BCUT2D eigenvalue weighted by atomic mass is 9.94. The van der Waals surface area contributed by atoms with Gasteiger partial charge in [-0.1, -0.05) is 20.8 Å². The minimum atomic E-state index is 0.772. The van der Waals surface area contributed by atoms with Gasteiger partial charge in [-0.25, -0.2) is 0 Å². The molecule has 2 rings (SSSR count). The van der Waals surface area contributed by atoms with Crippen LogP contribution in [0.15, 0.2) is 0 Å². The van der Waals surface area contributed by atoms with E-state index in [0.29, 0.717) is 0 Å². The van der Waals surface area contributed by atoms with Gasteiger partial charge in [-0.15, -0.1) is 0 Å². The summed E-state index contributed by atoms with van der Waals surface area (Å²) < 4.78 is 5.82. The van der Waals surface area contributed by atoms with E-state index < -0.39 is 0 Å². The van der Waals surface area contributed by atoms with E-state index in [1.165, 1.54) is 84.2 Å². The van der Waals surface area contributed by atoms with Gasteiger partial charge in [-0.2, -0.15) is 0 Å². The lowest BCUT2D eigenvalue weighted by Crippen LogP contribution is -2.45. The quantitative estimate of drug-likeness (QED) is 0.533. The number of ether oxygens (including phenoxy) is 1. The third kappa shape index (κ3) is 9.16. The Balaban J connectivity index is 1.47. The number of hydrogen-bond acceptors (Lipinski definition) is 4. The third-order valence-electron chi connectivity index (χ3n) is 6.12. The highest BCUT2D eigenvalue weighted by atomic mass is 16.5. The Morgan fingerprint density at radius 1 is 0.962 bits per heavy atom. The Morgan fingerprint density at radius 3 is 2.31 bits per heavy atom. The second-order valence-electron chi connectivity index (χ2n) is 8.96. The monoisotopic (exact) mass is 367 g/mol. The minimum absolute atomic E-state index is 0.772. The highest BCUT2D eigenvalue weighted by Gasteiger charge is 2.24. The molecule has 0 bridgehead atoms. The maximum atomic E-state index is 5.82. The molecule has 2 fully saturated rings. The van der Waals surface area contributed by atoms with Gasteiger partial charge in [0.25, 0.3) is 0 Å². The van der Waals surface area contributed by atoms with E-state index in [4.69, 9.17) is 4.74 Å². The summed E-state index contributed by atoms with van der Waals surface area (Å²) in [5.41, 5.74) is 0. The normalized spacial score (nSPS) is 21.7. The van der Waals surface area contributed by atoms with Crippen LogP contribution in [0.1, 0.15) is 65.7 Å². The summed E-state index contributed by atoms with van der Waals surface area (Å²) in [5.74, 6) is 1.72. The molecule has 2 heterocycles. The summed E-state index contributed by atoms with van der Waals surface area (Å²) >= 11 is 0. The van der Waals surface area contributed by atoms with Crippen molar-refractivity contribution in [3.05, 3.63) is 0 Å². The van der Waals surface area contributed by atoms with Gasteiger partial charge in [-0.05, 0) is 89.5 Å². The van der Waals surface area contributed by atoms with Gasteiger partial charge in [0, 0.05) is 25.7 Å². The lowest BCUT2D eigenvalue weighted by Gasteiger charge is -2.37. The van der Waals surface area contributed by atoms with Crippen molar-refractivity contribution in [3.8, 4) is 0 Å². The number of hydrogen-bond donors (Lipinski definition) is 1. The predicted octanol–water partition coefficient (Wildman–Crippen LogP) is 3.62. The van der Waals surface area contributed by atoms with Crippen molar-refractivity contribution in [2.45, 2.75) is 71.8 Å². The van der Waals surface area contributed by atoms with Crippen LogP contribution in [-0.4, -0.2) is 74.9 Å². The van der Waals surface area contributed by atoms with Crippen LogP contribution in [0, 0.1) is 11.8 Å². The van der Waals surface area contributed by atoms with Gasteiger partial charge in [0.15, 0.2) is 0 Å². The fourth-order valence-electron chi connectivity index (χ4n) is 4.32. The molecule has 26 heavy (non-hydrogen) atoms. The Morgan fingerprint density at radius 2 is 1.65 bits per heavy atom. The molecular formula is C22H45N3O. The van der Waals surface area contributed by atoms with E-state index in [-0.39, 0.29) is 0 Å². The molecule has 154 valence electrons. The largest absolute Gasteiger partial charge is 0.380 e. The van der Waals surface area contributed by atoms with Gasteiger partial charge in [0.2, 0.25) is 0 Å². The van der Waals surface area contributed by atoms with Crippen LogP contribution in [-0.2, 0) is 4.74 Å². The molecular weight excluding hydrogens is 322 g/mol. The number of nitrogens with one attached hydrogen (secondary N) is 1. The summed E-state index contributed by atoms with van der Waals surface area (Å²) in [4.78, 5) is 5.34. The molecule has 1 N–H and O–H groups in total. The Kier molecular flexibility index (Phi) is 11.1. The van der Waals surface area contributed by atoms with Crippen molar-refractivity contribution < 1.29 is 4.74 Å². The molecule has 0 radical (unpaired) electrons. The number of likely N-dealkylation sites (tertiary alicyclic amines) is 2. The molecule has 2 aliphatic rings. The summed E-state index contributed by atoms with van der Waals surface area (Å²) in [6, 6.07) is 0.772. The number of piperidine rings is 2. The van der Waals surface area contributed by atoms with Gasteiger partial charge in [0.1, 0.15) is 0 Å².